The van der Waals surface area contributed by atoms with Gasteiger partial charge in [0.2, 0.25) is 5.91 Å². The molecule has 0 saturated carbocycles. The summed E-state index contributed by atoms with van der Waals surface area (Å²) in [6.07, 6.45) is 2.18. The van der Waals surface area contributed by atoms with Crippen molar-refractivity contribution in [2.75, 3.05) is 18.1 Å². The molecule has 0 bridgehead atoms. The molecule has 1 aliphatic heterocycles. The summed E-state index contributed by atoms with van der Waals surface area (Å²) in [6.45, 7) is 5.59. The zero-order valence-electron chi connectivity index (χ0n) is 10.5. The van der Waals surface area contributed by atoms with Crippen molar-refractivity contribution < 1.29 is 19.4 Å². The third-order valence-corrected chi connectivity index (χ3v) is 4.04. The van der Waals surface area contributed by atoms with E-state index in [0.29, 0.717) is 25.2 Å². The number of carboxylic acids is 1. The van der Waals surface area contributed by atoms with E-state index in [1.165, 1.54) is 11.8 Å². The summed E-state index contributed by atoms with van der Waals surface area (Å²) in [5.74, 6) is -0.186. The number of aliphatic carboxylic acids is 1. The van der Waals surface area contributed by atoms with E-state index < -0.39 is 17.6 Å². The van der Waals surface area contributed by atoms with Gasteiger partial charge in [-0.1, -0.05) is 6.08 Å². The van der Waals surface area contributed by atoms with Crippen molar-refractivity contribution >= 4 is 23.6 Å². The molecule has 6 heteroatoms. The van der Waals surface area contributed by atoms with Gasteiger partial charge in [-0.2, -0.15) is 11.8 Å². The number of carboxylic acid groups (broad SMARTS) is 1. The van der Waals surface area contributed by atoms with Gasteiger partial charge in [0.1, 0.15) is 11.6 Å². The summed E-state index contributed by atoms with van der Waals surface area (Å²) >= 11 is 1.53. The van der Waals surface area contributed by atoms with Gasteiger partial charge in [0.15, 0.2) is 0 Å². The molecule has 1 fully saturated rings. The Morgan fingerprint density at radius 1 is 1.67 bits per heavy atom. The molecular weight excluding hydrogens is 254 g/mol. The topological polar surface area (TPSA) is 75.6 Å². The van der Waals surface area contributed by atoms with Crippen molar-refractivity contribution in [3.63, 3.8) is 0 Å². The van der Waals surface area contributed by atoms with Gasteiger partial charge in [0.05, 0.1) is 6.61 Å². The summed E-state index contributed by atoms with van der Waals surface area (Å²) < 4.78 is 5.30. The first-order chi connectivity index (χ1) is 8.52. The molecule has 1 aliphatic rings. The van der Waals surface area contributed by atoms with E-state index in [2.05, 4.69) is 11.9 Å². The van der Waals surface area contributed by atoms with E-state index in [-0.39, 0.29) is 5.91 Å². The van der Waals surface area contributed by atoms with Crippen LogP contribution in [0.5, 0.6) is 0 Å². The first-order valence-electron chi connectivity index (χ1n) is 5.87. The maximum absolute atomic E-state index is 11.9. The predicted octanol–water partition coefficient (Wildman–Crippen LogP) is 1.04. The van der Waals surface area contributed by atoms with Gasteiger partial charge in [-0.25, -0.2) is 4.79 Å². The Balaban J connectivity index is 2.51. The number of amides is 1. The average molecular weight is 273 g/mol. The first-order valence-corrected chi connectivity index (χ1v) is 7.03. The van der Waals surface area contributed by atoms with Crippen molar-refractivity contribution in [1.82, 2.24) is 5.32 Å². The molecule has 1 amide bonds. The zero-order valence-corrected chi connectivity index (χ0v) is 11.3. The van der Waals surface area contributed by atoms with Crippen LogP contribution in [0.1, 0.15) is 19.8 Å². The van der Waals surface area contributed by atoms with Gasteiger partial charge in [-0.05, 0) is 25.5 Å². The molecule has 0 aromatic carbocycles. The van der Waals surface area contributed by atoms with Crippen molar-refractivity contribution in [2.45, 2.75) is 31.4 Å². The van der Waals surface area contributed by atoms with Crippen LogP contribution in [0.25, 0.3) is 0 Å². The molecule has 2 atom stereocenters. The number of thioether (sulfide) groups is 1. The molecule has 2 N–H and O–H groups in total. The fourth-order valence-electron chi connectivity index (χ4n) is 1.63. The average Bonchev–Trinajstić information content (AvgIpc) is 2.79. The summed E-state index contributed by atoms with van der Waals surface area (Å²) in [5, 5.41) is 11.8. The molecule has 2 unspecified atom stereocenters. The van der Waals surface area contributed by atoms with Crippen molar-refractivity contribution in [1.29, 1.82) is 0 Å². The fourth-order valence-corrected chi connectivity index (χ4v) is 2.95. The molecule has 0 spiro atoms. The van der Waals surface area contributed by atoms with Gasteiger partial charge < -0.3 is 15.2 Å². The van der Waals surface area contributed by atoms with Crippen molar-refractivity contribution in [2.24, 2.45) is 0 Å². The van der Waals surface area contributed by atoms with Gasteiger partial charge in [-0.15, -0.1) is 6.58 Å². The summed E-state index contributed by atoms with van der Waals surface area (Å²) in [7, 11) is 0. The van der Waals surface area contributed by atoms with E-state index in [0.717, 1.165) is 5.75 Å². The second kappa shape index (κ2) is 6.80. The smallest absolute Gasteiger partial charge is 0.330 e. The monoisotopic (exact) mass is 273 g/mol. The van der Waals surface area contributed by atoms with Gasteiger partial charge >= 0.3 is 5.97 Å². The highest BCUT2D eigenvalue weighted by molar-refractivity contribution is 7.99. The fraction of sp³-hybridized carbons (Fsp3) is 0.667. The van der Waals surface area contributed by atoms with Crippen LogP contribution in [0, 0.1) is 0 Å². The van der Waals surface area contributed by atoms with E-state index in [4.69, 9.17) is 4.74 Å². The molecule has 0 aliphatic carbocycles. The van der Waals surface area contributed by atoms with Gasteiger partial charge in [0.25, 0.3) is 0 Å². The lowest BCUT2D eigenvalue weighted by Crippen LogP contribution is -2.57. The van der Waals surface area contributed by atoms with Crippen molar-refractivity contribution in [3.05, 3.63) is 12.7 Å². The highest BCUT2D eigenvalue weighted by atomic mass is 32.2. The van der Waals surface area contributed by atoms with E-state index in [9.17, 15) is 14.7 Å². The Hall–Kier alpha value is -1.01. The van der Waals surface area contributed by atoms with Crippen molar-refractivity contribution in [3.8, 4) is 0 Å². The number of carbonyl (C=O) groups is 2. The minimum Gasteiger partial charge on any atom is -0.479 e. The second-order valence-electron chi connectivity index (χ2n) is 4.27. The van der Waals surface area contributed by atoms with Crippen LogP contribution in [0.15, 0.2) is 12.7 Å². The molecular formula is C12H19NO4S. The van der Waals surface area contributed by atoms with Crippen LogP contribution < -0.4 is 5.32 Å². The Labute approximate surface area is 111 Å². The summed E-state index contributed by atoms with van der Waals surface area (Å²) in [6, 6.07) is 0. The predicted molar refractivity (Wildman–Crippen MR) is 70.7 cm³/mol. The Kier molecular flexibility index (Phi) is 5.68. The minimum atomic E-state index is -1.13. The quantitative estimate of drug-likeness (QED) is 0.535. The van der Waals surface area contributed by atoms with Crippen LogP contribution in [-0.2, 0) is 14.3 Å². The number of ether oxygens (including phenoxy) is 1. The third-order valence-electron chi connectivity index (χ3n) is 2.85. The molecule has 5 nitrogen and oxygen atoms in total. The molecule has 1 rings (SSSR count). The molecule has 0 aromatic rings. The van der Waals surface area contributed by atoms with Gasteiger partial charge in [-0.3, -0.25) is 4.79 Å². The maximum Gasteiger partial charge on any atom is 0.330 e. The summed E-state index contributed by atoms with van der Waals surface area (Å²) in [4.78, 5) is 23.1. The minimum absolute atomic E-state index is 0.371. The number of rotatable bonds is 7. The van der Waals surface area contributed by atoms with Gasteiger partial charge in [0, 0.05) is 5.75 Å². The lowest BCUT2D eigenvalue weighted by molar-refractivity contribution is -0.148. The number of hydrogen-bond donors (Lipinski definition) is 2. The van der Waals surface area contributed by atoms with Crippen LogP contribution in [0.2, 0.25) is 0 Å². The lowest BCUT2D eigenvalue weighted by atomic mass is 9.99. The molecule has 1 saturated heterocycles. The van der Waals surface area contributed by atoms with Crippen LogP contribution in [0.4, 0.5) is 0 Å². The molecule has 1 heterocycles. The molecule has 0 aromatic heterocycles. The molecule has 0 radical (unpaired) electrons. The third kappa shape index (κ3) is 3.74. The lowest BCUT2D eigenvalue weighted by Gasteiger charge is -2.26. The maximum atomic E-state index is 11.9. The number of nitrogens with one attached hydrogen (secondary N) is 1. The summed E-state index contributed by atoms with van der Waals surface area (Å²) in [5.41, 5.74) is -1.13. The highest BCUT2D eigenvalue weighted by Crippen LogP contribution is 2.28. The van der Waals surface area contributed by atoms with E-state index >= 15 is 0 Å². The normalized spacial score (nSPS) is 24.5. The zero-order chi connectivity index (χ0) is 13.6. The first kappa shape index (κ1) is 15.0. The molecule has 18 heavy (non-hydrogen) atoms. The SMILES string of the molecule is C=CCCOC(C)C(=O)NC1(C(=O)O)CCSC1. The Bertz CT molecular complexity index is 326. The van der Waals surface area contributed by atoms with Crippen LogP contribution in [0.3, 0.4) is 0 Å². The number of carbonyl (C=O) groups excluding carboxylic acids is 1. The second-order valence-corrected chi connectivity index (χ2v) is 5.37. The number of hydrogen-bond acceptors (Lipinski definition) is 4. The van der Waals surface area contributed by atoms with E-state index in [1.54, 1.807) is 13.0 Å². The Morgan fingerprint density at radius 3 is 2.89 bits per heavy atom. The highest BCUT2D eigenvalue weighted by Gasteiger charge is 2.43. The van der Waals surface area contributed by atoms with E-state index in [1.807, 2.05) is 0 Å². The standard InChI is InChI=1S/C12H19NO4S/c1-3-4-6-17-9(2)10(14)13-12(11(15)16)5-7-18-8-12/h3,9H,1,4-8H2,2H3,(H,13,14)(H,15,16). The Morgan fingerprint density at radius 2 is 2.39 bits per heavy atom. The largest absolute Gasteiger partial charge is 0.479 e. The van der Waals surface area contributed by atoms with Crippen LogP contribution in [-0.4, -0.2) is 46.7 Å². The van der Waals surface area contributed by atoms with Crippen LogP contribution >= 0.6 is 11.8 Å². The molecule has 102 valence electrons.